The smallest absolute Gasteiger partial charge is 0.243 e. The maximum absolute atomic E-state index is 12.9. The molecule has 0 radical (unpaired) electrons. The van der Waals surface area contributed by atoms with E-state index in [4.69, 9.17) is 15.2 Å². The number of imide groups is 1. The summed E-state index contributed by atoms with van der Waals surface area (Å²) in [4.78, 5) is 112. The molecule has 1 heterocycles. The summed E-state index contributed by atoms with van der Waals surface area (Å²) in [6.07, 6.45) is 2.29. The van der Waals surface area contributed by atoms with Gasteiger partial charge in [0.15, 0.2) is 0 Å². The maximum Gasteiger partial charge on any atom is 0.243 e. The molecule has 1 aliphatic rings. The highest BCUT2D eigenvalue weighted by Crippen LogP contribution is 2.41. The molecular weight excluding hydrogens is 756 g/mol. The average molecular weight is 817 g/mol. The molecule has 1 aromatic rings. The van der Waals surface area contributed by atoms with Gasteiger partial charge < -0.3 is 47.1 Å². The lowest BCUT2D eigenvalue weighted by molar-refractivity contribution is -0.141. The van der Waals surface area contributed by atoms with Crippen LogP contribution in [0.15, 0.2) is 30.3 Å². The number of nitrogens with one attached hydrogen (secondary N) is 6. The first-order valence-electron chi connectivity index (χ1n) is 19.6. The van der Waals surface area contributed by atoms with Gasteiger partial charge in [-0.15, -0.1) is 0 Å². The first kappa shape index (κ1) is 48.7. The zero-order valence-electron chi connectivity index (χ0n) is 33.8. The van der Waals surface area contributed by atoms with Gasteiger partial charge in [0.05, 0.1) is 52.0 Å². The summed E-state index contributed by atoms with van der Waals surface area (Å²) >= 11 is 0. The fourth-order valence-electron chi connectivity index (χ4n) is 5.91. The lowest BCUT2D eigenvalue weighted by atomic mass is 9.72. The van der Waals surface area contributed by atoms with Crippen LogP contribution in [0.2, 0.25) is 0 Å². The van der Waals surface area contributed by atoms with Crippen molar-refractivity contribution in [1.82, 2.24) is 36.8 Å². The number of carbonyl (C=O) groups excluding carboxylic acids is 9. The number of ether oxygens (including phenoxy) is 2. The van der Waals surface area contributed by atoms with Gasteiger partial charge in [-0.25, -0.2) is 0 Å². The highest BCUT2D eigenvalue weighted by Gasteiger charge is 2.46. The van der Waals surface area contributed by atoms with E-state index in [0.29, 0.717) is 6.42 Å². The Balaban J connectivity index is 1.56. The third kappa shape index (κ3) is 18.7. The molecule has 0 aliphatic carbocycles. The van der Waals surface area contributed by atoms with Gasteiger partial charge in [0.2, 0.25) is 53.2 Å². The van der Waals surface area contributed by atoms with E-state index in [1.807, 2.05) is 20.8 Å². The summed E-state index contributed by atoms with van der Waals surface area (Å²) in [5.41, 5.74) is 5.57. The first-order valence-corrected chi connectivity index (χ1v) is 19.6. The van der Waals surface area contributed by atoms with Crippen LogP contribution < -0.4 is 37.6 Å². The van der Waals surface area contributed by atoms with Gasteiger partial charge in [-0.1, -0.05) is 51.1 Å². The van der Waals surface area contributed by atoms with Crippen LogP contribution >= 0.6 is 0 Å². The quantitative estimate of drug-likeness (QED) is 0.0364. The molecule has 19 heteroatoms. The number of primary amides is 1. The fourth-order valence-corrected chi connectivity index (χ4v) is 5.91. The summed E-state index contributed by atoms with van der Waals surface area (Å²) < 4.78 is 10.8. The normalized spacial score (nSPS) is 14.3. The van der Waals surface area contributed by atoms with E-state index in [1.165, 1.54) is 4.90 Å². The number of likely N-dealkylation sites (tertiary alicyclic amines) is 1. The molecule has 0 bridgehead atoms. The topological polar surface area (TPSA) is 274 Å². The fraction of sp³-hybridized carbons (Fsp3) is 0.615. The maximum atomic E-state index is 12.9. The van der Waals surface area contributed by atoms with Crippen molar-refractivity contribution in [3.63, 3.8) is 0 Å². The number of rotatable bonds is 29. The van der Waals surface area contributed by atoms with E-state index in [0.717, 1.165) is 18.4 Å². The SMILES string of the molecule is CCC(C)(CC)C1CC(=O)N(CCC(=O)NCCOCCOCCC(=O)NCC(=O)NCC(=O)NC(Cc2ccccc2)C(=O)NCC(=O)NCCCC(N)=O)C1=O. The molecule has 2 rings (SSSR count). The molecule has 8 N–H and O–H groups in total. The molecule has 1 fully saturated rings. The van der Waals surface area contributed by atoms with Crippen LogP contribution in [0.3, 0.4) is 0 Å². The van der Waals surface area contributed by atoms with E-state index in [-0.39, 0.29) is 114 Å². The molecule has 58 heavy (non-hydrogen) atoms. The minimum Gasteiger partial charge on any atom is -0.379 e. The second-order valence-corrected chi connectivity index (χ2v) is 14.1. The summed E-state index contributed by atoms with van der Waals surface area (Å²) in [6, 6.07) is 7.81. The van der Waals surface area contributed by atoms with Gasteiger partial charge in [-0.3, -0.25) is 48.1 Å². The minimum absolute atomic E-state index is 0.00505. The molecule has 2 unspecified atom stereocenters. The predicted molar refractivity (Wildman–Crippen MR) is 210 cm³/mol. The molecule has 1 aromatic carbocycles. The van der Waals surface area contributed by atoms with Gasteiger partial charge in [0.25, 0.3) is 0 Å². The highest BCUT2D eigenvalue weighted by atomic mass is 16.5. The molecule has 1 saturated heterocycles. The molecule has 1 aliphatic heterocycles. The summed E-state index contributed by atoms with van der Waals surface area (Å²) in [6.45, 7) is 5.94. The van der Waals surface area contributed by atoms with Crippen LogP contribution in [0.1, 0.15) is 71.3 Å². The monoisotopic (exact) mass is 816 g/mol. The van der Waals surface area contributed by atoms with E-state index < -0.39 is 54.6 Å². The van der Waals surface area contributed by atoms with Crippen LogP contribution in [0, 0.1) is 11.3 Å². The number of nitrogens with zero attached hydrogens (tertiary/aromatic N) is 1. The van der Waals surface area contributed by atoms with Gasteiger partial charge in [-0.2, -0.15) is 0 Å². The van der Waals surface area contributed by atoms with Gasteiger partial charge in [0.1, 0.15) is 6.04 Å². The average Bonchev–Trinajstić information content (AvgIpc) is 3.50. The highest BCUT2D eigenvalue weighted by molar-refractivity contribution is 6.04. The van der Waals surface area contributed by atoms with Crippen molar-refractivity contribution >= 4 is 53.2 Å². The Kier molecular flexibility index (Phi) is 22.2. The summed E-state index contributed by atoms with van der Waals surface area (Å²) in [7, 11) is 0. The van der Waals surface area contributed by atoms with Gasteiger partial charge in [-0.05, 0) is 30.2 Å². The first-order chi connectivity index (χ1) is 27.7. The summed E-state index contributed by atoms with van der Waals surface area (Å²) in [5.74, 6) is -4.48. The van der Waals surface area contributed by atoms with Gasteiger partial charge >= 0.3 is 0 Å². The molecule has 19 nitrogen and oxygen atoms in total. The molecule has 322 valence electrons. The molecule has 0 aromatic heterocycles. The number of carbonyl (C=O) groups is 9. The number of amides is 9. The molecular formula is C39H60N8O11. The second-order valence-electron chi connectivity index (χ2n) is 14.1. The van der Waals surface area contributed by atoms with Crippen molar-refractivity contribution in [2.45, 2.75) is 78.2 Å². The Morgan fingerprint density at radius 1 is 0.741 bits per heavy atom. The molecule has 2 atom stereocenters. The molecule has 0 saturated carbocycles. The second kappa shape index (κ2) is 26.5. The van der Waals surface area contributed by atoms with Crippen LogP contribution in [-0.4, -0.2) is 130 Å². The van der Waals surface area contributed by atoms with E-state index in [1.54, 1.807) is 30.3 Å². The largest absolute Gasteiger partial charge is 0.379 e. The van der Waals surface area contributed by atoms with Crippen LogP contribution in [-0.2, 0) is 59.0 Å². The van der Waals surface area contributed by atoms with Crippen LogP contribution in [0.25, 0.3) is 0 Å². The molecule has 0 spiro atoms. The Labute approximate surface area is 339 Å². The Morgan fingerprint density at radius 2 is 1.33 bits per heavy atom. The van der Waals surface area contributed by atoms with Crippen molar-refractivity contribution in [3.05, 3.63) is 35.9 Å². The third-order valence-corrected chi connectivity index (χ3v) is 9.85. The van der Waals surface area contributed by atoms with Crippen molar-refractivity contribution in [3.8, 4) is 0 Å². The van der Waals surface area contributed by atoms with Crippen molar-refractivity contribution < 1.29 is 52.6 Å². The van der Waals surface area contributed by atoms with E-state index in [9.17, 15) is 43.2 Å². The zero-order valence-corrected chi connectivity index (χ0v) is 33.8. The third-order valence-electron chi connectivity index (χ3n) is 9.85. The Morgan fingerprint density at radius 3 is 2.00 bits per heavy atom. The van der Waals surface area contributed by atoms with Crippen LogP contribution in [0.4, 0.5) is 0 Å². The minimum atomic E-state index is -1.06. The number of benzene rings is 1. The van der Waals surface area contributed by atoms with Gasteiger partial charge in [0, 0.05) is 51.7 Å². The number of hydrogen-bond donors (Lipinski definition) is 7. The van der Waals surface area contributed by atoms with E-state index >= 15 is 0 Å². The van der Waals surface area contributed by atoms with E-state index in [2.05, 4.69) is 31.9 Å². The Hall–Kier alpha value is -5.43. The lowest BCUT2D eigenvalue weighted by Gasteiger charge is -2.31. The molecule has 9 amide bonds. The van der Waals surface area contributed by atoms with Crippen LogP contribution in [0.5, 0.6) is 0 Å². The van der Waals surface area contributed by atoms with Crippen molar-refractivity contribution in [1.29, 1.82) is 0 Å². The zero-order chi connectivity index (χ0) is 42.9. The van der Waals surface area contributed by atoms with Crippen molar-refractivity contribution in [2.24, 2.45) is 17.1 Å². The lowest BCUT2D eigenvalue weighted by Crippen LogP contribution is -2.52. The predicted octanol–water partition coefficient (Wildman–Crippen LogP) is -1.42. The van der Waals surface area contributed by atoms with Crippen molar-refractivity contribution in [2.75, 3.05) is 65.7 Å². The summed E-state index contributed by atoms with van der Waals surface area (Å²) in [5, 5.41) is 15.1. The Bertz CT molecular complexity index is 1550. The number of nitrogens with two attached hydrogens (primary N) is 1. The number of hydrogen-bond acceptors (Lipinski definition) is 11. The standard InChI is InChI=1S/C39H60N8O11/c1-4-39(3,5-2)28-23-36(54)47(38(28)56)17-13-31(49)42-16-19-58-21-20-57-18-14-32(50)43-24-34(52)44-26-35(53)46-29(22-27-10-7-6-8-11-27)37(55)45-25-33(51)41-15-9-12-30(40)48/h6-8,10-11,28-29H,4-5,9,12-26H2,1-3H3,(H2,40,48)(H,41,51)(H,42,49)(H,43,50)(H,44,52)(H,45,55)(H,46,53).